The van der Waals surface area contributed by atoms with Crippen molar-refractivity contribution < 1.29 is 14.3 Å². The minimum atomic E-state index is -0.485. The summed E-state index contributed by atoms with van der Waals surface area (Å²) in [6.07, 6.45) is 1.81. The number of para-hydroxylation sites is 1. The van der Waals surface area contributed by atoms with Gasteiger partial charge in [-0.1, -0.05) is 18.2 Å². The summed E-state index contributed by atoms with van der Waals surface area (Å²) in [7, 11) is 1.34. The highest BCUT2D eigenvalue weighted by Crippen LogP contribution is 2.33. The molecule has 3 rings (SSSR count). The van der Waals surface area contributed by atoms with Gasteiger partial charge in [0, 0.05) is 29.3 Å². The van der Waals surface area contributed by atoms with Crippen molar-refractivity contribution in [1.82, 2.24) is 9.47 Å². The highest BCUT2D eigenvalue weighted by Gasteiger charge is 2.36. The number of nitrogens with zero attached hydrogens (tertiary/aromatic N) is 2. The van der Waals surface area contributed by atoms with E-state index in [-0.39, 0.29) is 5.91 Å². The molecule has 0 spiro atoms. The van der Waals surface area contributed by atoms with E-state index in [1.165, 1.54) is 12.7 Å². The zero-order valence-electron chi connectivity index (χ0n) is 17.3. The number of amides is 1. The number of hydrogen-bond acceptors (Lipinski definition) is 3. The molecule has 2 heterocycles. The Balaban J connectivity index is 2.16. The third kappa shape index (κ3) is 3.07. The summed E-state index contributed by atoms with van der Waals surface area (Å²) < 4.78 is 7.11. The first-order valence-corrected chi connectivity index (χ1v) is 9.39. The largest absolute Gasteiger partial charge is 0.465 e. The van der Waals surface area contributed by atoms with Crippen LogP contribution in [-0.4, -0.2) is 35.0 Å². The summed E-state index contributed by atoms with van der Waals surface area (Å²) in [5.41, 5.74) is 6.64. The number of carbonyl (C=O) groups excluding carboxylic acids is 2. The number of rotatable bonds is 4. The van der Waals surface area contributed by atoms with Crippen LogP contribution in [-0.2, 0) is 14.3 Å². The lowest BCUT2D eigenvalue weighted by atomic mass is 10.0. The quantitative estimate of drug-likeness (QED) is 0.595. The molecule has 0 saturated heterocycles. The van der Waals surface area contributed by atoms with Gasteiger partial charge in [-0.2, -0.15) is 0 Å². The maximum absolute atomic E-state index is 12.9. The number of esters is 1. The third-order valence-corrected chi connectivity index (χ3v) is 5.34. The summed E-state index contributed by atoms with van der Waals surface area (Å²) in [5.74, 6) is -0.651. The normalized spacial score (nSPS) is 15.7. The predicted octanol–water partition coefficient (Wildman–Crippen LogP) is 4.10. The molecule has 0 saturated carbocycles. The van der Waals surface area contributed by atoms with Crippen molar-refractivity contribution in [2.24, 2.45) is 0 Å². The molecule has 0 N–H and O–H groups in total. The van der Waals surface area contributed by atoms with E-state index < -0.39 is 5.97 Å². The van der Waals surface area contributed by atoms with Crippen molar-refractivity contribution >= 4 is 18.0 Å². The molecule has 5 heteroatoms. The number of hydrogen-bond donors (Lipinski definition) is 0. The molecule has 0 radical (unpaired) electrons. The Morgan fingerprint density at radius 1 is 1.14 bits per heavy atom. The van der Waals surface area contributed by atoms with E-state index in [9.17, 15) is 9.59 Å². The summed E-state index contributed by atoms with van der Waals surface area (Å²) in [6, 6.07) is 10.2. The zero-order chi connectivity index (χ0) is 20.6. The molecule has 28 heavy (non-hydrogen) atoms. The molecule has 1 aromatic heterocycles. The molecule has 0 fully saturated rings. The number of carbonyl (C=O) groups is 2. The van der Waals surface area contributed by atoms with Crippen molar-refractivity contribution in [2.45, 2.75) is 34.6 Å². The lowest BCUT2D eigenvalue weighted by molar-refractivity contribution is -0.136. The molecule has 1 amide bonds. The second-order valence-corrected chi connectivity index (χ2v) is 7.01. The van der Waals surface area contributed by atoms with Crippen LogP contribution in [0, 0.1) is 20.8 Å². The maximum atomic E-state index is 12.9. The van der Waals surface area contributed by atoms with Crippen LogP contribution in [0.2, 0.25) is 0 Å². The molecule has 0 atom stereocenters. The molecule has 146 valence electrons. The van der Waals surface area contributed by atoms with Crippen LogP contribution in [0.15, 0.2) is 47.2 Å². The Hall–Kier alpha value is -3.08. The van der Waals surface area contributed by atoms with E-state index in [1.54, 1.807) is 11.8 Å². The van der Waals surface area contributed by atoms with Crippen LogP contribution in [0.1, 0.15) is 36.4 Å². The van der Waals surface area contributed by atoms with Gasteiger partial charge in [-0.15, -0.1) is 0 Å². The standard InChI is InChI=1S/C23H26N2O3/c1-7-24-17(5)21(23(27)28-6)19(22(24)26)13-18-12-15(3)25(16(18)4)20-11-9-8-10-14(20)2/h8-13H,7H2,1-6H3/b19-13+. The topological polar surface area (TPSA) is 51.5 Å². The number of likely N-dealkylation sites (N-methyl/N-ethyl adjacent to an activating group) is 1. The highest BCUT2D eigenvalue weighted by atomic mass is 16.5. The van der Waals surface area contributed by atoms with E-state index in [2.05, 4.69) is 23.6 Å². The second kappa shape index (κ2) is 7.50. The van der Waals surface area contributed by atoms with Gasteiger partial charge in [-0.25, -0.2) is 4.79 Å². The van der Waals surface area contributed by atoms with Gasteiger partial charge < -0.3 is 14.2 Å². The number of aryl methyl sites for hydroxylation is 2. The Kier molecular flexibility index (Phi) is 5.27. The monoisotopic (exact) mass is 378 g/mol. The summed E-state index contributed by atoms with van der Waals surface area (Å²) >= 11 is 0. The number of benzene rings is 1. The van der Waals surface area contributed by atoms with Crippen molar-refractivity contribution in [3.05, 3.63) is 69.7 Å². The van der Waals surface area contributed by atoms with Gasteiger partial charge >= 0.3 is 5.97 Å². The van der Waals surface area contributed by atoms with E-state index in [4.69, 9.17) is 4.74 Å². The minimum absolute atomic E-state index is 0.166. The van der Waals surface area contributed by atoms with Gasteiger partial charge in [0.05, 0.1) is 18.3 Å². The van der Waals surface area contributed by atoms with Gasteiger partial charge in [0.1, 0.15) is 0 Å². The molecule has 5 nitrogen and oxygen atoms in total. The highest BCUT2D eigenvalue weighted by molar-refractivity contribution is 6.16. The first-order chi connectivity index (χ1) is 13.3. The predicted molar refractivity (Wildman–Crippen MR) is 110 cm³/mol. The fraction of sp³-hybridized carbons (Fsp3) is 0.304. The Morgan fingerprint density at radius 3 is 2.43 bits per heavy atom. The molecule has 1 aliphatic rings. The first-order valence-electron chi connectivity index (χ1n) is 9.39. The number of allylic oxidation sites excluding steroid dienone is 1. The summed E-state index contributed by atoms with van der Waals surface area (Å²) in [4.78, 5) is 26.9. The fourth-order valence-corrected chi connectivity index (χ4v) is 3.88. The zero-order valence-corrected chi connectivity index (χ0v) is 17.3. The van der Waals surface area contributed by atoms with Gasteiger partial charge in [0.15, 0.2) is 0 Å². The van der Waals surface area contributed by atoms with Crippen molar-refractivity contribution in [2.75, 3.05) is 13.7 Å². The summed E-state index contributed by atoms with van der Waals surface area (Å²) in [5, 5.41) is 0. The van der Waals surface area contributed by atoms with E-state index in [0.29, 0.717) is 23.4 Å². The molecule has 2 aromatic rings. The third-order valence-electron chi connectivity index (χ3n) is 5.34. The fourth-order valence-electron chi connectivity index (χ4n) is 3.88. The Bertz CT molecular complexity index is 1020. The Labute approximate surface area is 165 Å². The van der Waals surface area contributed by atoms with Gasteiger partial charge in [0.25, 0.3) is 5.91 Å². The van der Waals surface area contributed by atoms with E-state index in [1.807, 2.05) is 45.0 Å². The van der Waals surface area contributed by atoms with E-state index >= 15 is 0 Å². The van der Waals surface area contributed by atoms with Gasteiger partial charge in [0.2, 0.25) is 0 Å². The van der Waals surface area contributed by atoms with Crippen LogP contribution < -0.4 is 0 Å². The van der Waals surface area contributed by atoms with Crippen LogP contribution >= 0.6 is 0 Å². The lowest BCUT2D eigenvalue weighted by Crippen LogP contribution is -2.24. The van der Waals surface area contributed by atoms with Crippen molar-refractivity contribution in [3.8, 4) is 5.69 Å². The molecule has 0 unspecified atom stereocenters. The van der Waals surface area contributed by atoms with Crippen LogP contribution in [0.5, 0.6) is 0 Å². The van der Waals surface area contributed by atoms with E-state index in [0.717, 1.165) is 22.6 Å². The number of aromatic nitrogens is 1. The minimum Gasteiger partial charge on any atom is -0.465 e. The first kappa shape index (κ1) is 19.7. The average Bonchev–Trinajstić information content (AvgIpc) is 3.08. The number of methoxy groups -OCH3 is 1. The second-order valence-electron chi connectivity index (χ2n) is 7.01. The lowest BCUT2D eigenvalue weighted by Gasteiger charge is -2.14. The van der Waals surface area contributed by atoms with Crippen LogP contribution in [0.3, 0.4) is 0 Å². The molecule has 0 aliphatic carbocycles. The van der Waals surface area contributed by atoms with Gasteiger partial charge in [-0.05, 0) is 64.0 Å². The SMILES string of the molecule is CCN1C(=O)/C(=C/c2cc(C)n(-c3ccccc3C)c2C)C(C(=O)OC)=C1C. The Morgan fingerprint density at radius 2 is 1.82 bits per heavy atom. The van der Waals surface area contributed by atoms with Crippen LogP contribution in [0.4, 0.5) is 0 Å². The molecule has 1 aromatic carbocycles. The van der Waals surface area contributed by atoms with Crippen LogP contribution in [0.25, 0.3) is 11.8 Å². The molecular weight excluding hydrogens is 352 g/mol. The van der Waals surface area contributed by atoms with Gasteiger partial charge in [-0.3, -0.25) is 4.79 Å². The summed E-state index contributed by atoms with van der Waals surface area (Å²) in [6.45, 7) is 10.3. The average molecular weight is 378 g/mol. The van der Waals surface area contributed by atoms with Crippen molar-refractivity contribution in [1.29, 1.82) is 0 Å². The molecule has 0 bridgehead atoms. The molecular formula is C23H26N2O3. The smallest absolute Gasteiger partial charge is 0.340 e. The number of ether oxygens (including phenoxy) is 1. The van der Waals surface area contributed by atoms with Crippen molar-refractivity contribution in [3.63, 3.8) is 0 Å². The maximum Gasteiger partial charge on any atom is 0.340 e. The molecule has 1 aliphatic heterocycles.